The number of aryl methyl sites for hydroxylation is 1. The van der Waals surface area contributed by atoms with Gasteiger partial charge in [-0.05, 0) is 44.4 Å². The molecule has 7 heteroatoms. The topological polar surface area (TPSA) is 84.9 Å². The highest BCUT2D eigenvalue weighted by atomic mass is 16.6. The largest absolute Gasteiger partial charge is 0.467 e. The summed E-state index contributed by atoms with van der Waals surface area (Å²) in [5.41, 5.74) is 3.26. The van der Waals surface area contributed by atoms with Crippen LogP contribution in [0, 0.1) is 6.92 Å². The lowest BCUT2D eigenvalue weighted by atomic mass is 10.0. The molecule has 1 unspecified atom stereocenters. The normalized spacial score (nSPS) is 16.0. The summed E-state index contributed by atoms with van der Waals surface area (Å²) in [6.45, 7) is 7.78. The number of amides is 2. The Hall–Kier alpha value is -3.35. The molecule has 176 valence electrons. The van der Waals surface area contributed by atoms with Crippen molar-refractivity contribution in [3.63, 3.8) is 0 Å². The summed E-state index contributed by atoms with van der Waals surface area (Å²) in [7, 11) is 1.30. The van der Waals surface area contributed by atoms with Gasteiger partial charge in [0.2, 0.25) is 5.91 Å². The van der Waals surface area contributed by atoms with Gasteiger partial charge in [-0.25, -0.2) is 9.59 Å². The van der Waals surface area contributed by atoms with Crippen molar-refractivity contribution < 1.29 is 23.9 Å². The number of esters is 1. The molecule has 0 radical (unpaired) electrons. The molecule has 1 aliphatic heterocycles. The Bertz CT molecular complexity index is 1010. The van der Waals surface area contributed by atoms with E-state index in [1.54, 1.807) is 4.90 Å². The van der Waals surface area contributed by atoms with E-state index < -0.39 is 29.7 Å². The maximum atomic E-state index is 13.0. The second-order valence-electron chi connectivity index (χ2n) is 9.36. The van der Waals surface area contributed by atoms with E-state index in [0.29, 0.717) is 13.0 Å². The fourth-order valence-electron chi connectivity index (χ4n) is 3.92. The molecule has 2 atom stereocenters. The first-order valence-corrected chi connectivity index (χ1v) is 11.1. The van der Waals surface area contributed by atoms with Crippen LogP contribution in [0.2, 0.25) is 0 Å². The molecule has 0 aromatic heterocycles. The van der Waals surface area contributed by atoms with Gasteiger partial charge in [0, 0.05) is 13.0 Å². The Balaban J connectivity index is 1.76. The van der Waals surface area contributed by atoms with Crippen molar-refractivity contribution in [2.24, 2.45) is 0 Å². The highest BCUT2D eigenvalue weighted by Crippen LogP contribution is 2.37. The highest BCUT2D eigenvalue weighted by molar-refractivity contribution is 5.85. The van der Waals surface area contributed by atoms with Crippen LogP contribution in [0.5, 0.6) is 0 Å². The Morgan fingerprint density at radius 1 is 1.09 bits per heavy atom. The van der Waals surface area contributed by atoms with Gasteiger partial charge in [0.05, 0.1) is 19.6 Å². The van der Waals surface area contributed by atoms with E-state index in [4.69, 9.17) is 9.47 Å². The first-order chi connectivity index (χ1) is 15.6. The third-order valence-electron chi connectivity index (χ3n) is 5.52. The van der Waals surface area contributed by atoms with Crippen LogP contribution >= 0.6 is 0 Å². The molecule has 2 aromatic carbocycles. The third-order valence-corrected chi connectivity index (χ3v) is 5.52. The lowest BCUT2D eigenvalue weighted by Crippen LogP contribution is -2.44. The van der Waals surface area contributed by atoms with Crippen molar-refractivity contribution in [2.75, 3.05) is 7.11 Å². The molecule has 1 N–H and O–H groups in total. The van der Waals surface area contributed by atoms with E-state index >= 15 is 0 Å². The Morgan fingerprint density at radius 3 is 2.39 bits per heavy atom. The summed E-state index contributed by atoms with van der Waals surface area (Å²) in [6.07, 6.45) is -0.145. The average molecular weight is 453 g/mol. The lowest BCUT2D eigenvalue weighted by molar-refractivity contribution is -0.145. The van der Waals surface area contributed by atoms with Crippen LogP contribution < -0.4 is 5.32 Å². The number of rotatable bonds is 6. The van der Waals surface area contributed by atoms with Gasteiger partial charge in [-0.1, -0.05) is 54.1 Å². The molecule has 33 heavy (non-hydrogen) atoms. The lowest BCUT2D eigenvalue weighted by Gasteiger charge is -2.29. The zero-order valence-electron chi connectivity index (χ0n) is 19.9. The second-order valence-corrected chi connectivity index (χ2v) is 9.36. The molecule has 2 aromatic rings. The molecule has 0 bridgehead atoms. The summed E-state index contributed by atoms with van der Waals surface area (Å²) in [6, 6.07) is 14.1. The first-order valence-electron chi connectivity index (χ1n) is 11.1. The van der Waals surface area contributed by atoms with Gasteiger partial charge in [0.1, 0.15) is 11.6 Å². The van der Waals surface area contributed by atoms with Gasteiger partial charge in [-0.2, -0.15) is 0 Å². The van der Waals surface area contributed by atoms with Gasteiger partial charge >= 0.3 is 12.1 Å². The van der Waals surface area contributed by atoms with E-state index in [1.165, 1.54) is 7.11 Å². The molecular weight excluding hydrogens is 420 g/mol. The van der Waals surface area contributed by atoms with Gasteiger partial charge in [0.25, 0.3) is 0 Å². The van der Waals surface area contributed by atoms with Crippen LogP contribution in [0.1, 0.15) is 55.5 Å². The molecular formula is C26H32N2O5. The number of hydrogen-bond donors (Lipinski definition) is 1. The predicted octanol–water partition coefficient (Wildman–Crippen LogP) is 4.08. The number of methoxy groups -OCH3 is 1. The molecule has 0 aliphatic carbocycles. The summed E-state index contributed by atoms with van der Waals surface area (Å²) in [4.78, 5) is 39.8. The minimum Gasteiger partial charge on any atom is -0.467 e. The van der Waals surface area contributed by atoms with E-state index in [-0.39, 0.29) is 12.3 Å². The first kappa shape index (κ1) is 24.3. The zero-order chi connectivity index (χ0) is 24.2. The average Bonchev–Trinajstić information content (AvgIpc) is 3.11. The summed E-state index contributed by atoms with van der Waals surface area (Å²) in [5.74, 6) is -0.854. The van der Waals surface area contributed by atoms with Gasteiger partial charge in [-0.15, -0.1) is 0 Å². The van der Waals surface area contributed by atoms with Crippen LogP contribution in [0.4, 0.5) is 4.79 Å². The monoisotopic (exact) mass is 452 g/mol. The minimum atomic E-state index is -0.822. The summed E-state index contributed by atoms with van der Waals surface area (Å²) in [5, 5.41) is 2.80. The number of fused-ring (bicyclic) bond motifs is 1. The standard InChI is InChI=1S/C26H32N2O5/c1-17-10-12-18(13-11-17)14-21(24(30)32-5)27-23(29)15-22-20-9-7-6-8-19(20)16-28(22)25(31)33-26(2,3)4/h6-13,21-22H,14-16H2,1-5H3,(H,27,29)/t21-,22?/m1/s1. The maximum Gasteiger partial charge on any atom is 0.411 e. The molecule has 1 heterocycles. The van der Waals surface area contributed by atoms with E-state index in [0.717, 1.165) is 22.3 Å². The van der Waals surface area contributed by atoms with Gasteiger partial charge in [-0.3, -0.25) is 9.69 Å². The van der Waals surface area contributed by atoms with E-state index in [2.05, 4.69) is 5.32 Å². The molecule has 1 aliphatic rings. The number of hydrogen-bond acceptors (Lipinski definition) is 5. The van der Waals surface area contributed by atoms with Crippen molar-refractivity contribution in [1.82, 2.24) is 10.2 Å². The van der Waals surface area contributed by atoms with E-state index in [1.807, 2.05) is 76.2 Å². The molecule has 3 rings (SSSR count). The Kier molecular flexibility index (Phi) is 7.41. The maximum absolute atomic E-state index is 13.0. The quantitative estimate of drug-likeness (QED) is 0.668. The van der Waals surface area contributed by atoms with Gasteiger partial charge in [0.15, 0.2) is 0 Å². The SMILES string of the molecule is COC(=O)[C@@H](Cc1ccc(C)cc1)NC(=O)CC1c2ccccc2CN1C(=O)OC(C)(C)C. The van der Waals surface area contributed by atoms with Crippen molar-refractivity contribution in [1.29, 1.82) is 0 Å². The van der Waals surface area contributed by atoms with Crippen LogP contribution in [0.3, 0.4) is 0 Å². The number of carbonyl (C=O) groups excluding carboxylic acids is 3. The van der Waals surface area contributed by atoms with Gasteiger partial charge < -0.3 is 14.8 Å². The zero-order valence-corrected chi connectivity index (χ0v) is 19.9. The van der Waals surface area contributed by atoms with Crippen LogP contribution in [-0.4, -0.2) is 41.6 Å². The minimum absolute atomic E-state index is 0.0116. The number of nitrogens with one attached hydrogen (secondary N) is 1. The number of benzene rings is 2. The van der Waals surface area contributed by atoms with Crippen molar-refractivity contribution in [3.8, 4) is 0 Å². The summed E-state index contributed by atoms with van der Waals surface area (Å²) < 4.78 is 10.5. The van der Waals surface area contributed by atoms with Crippen molar-refractivity contribution in [3.05, 3.63) is 70.8 Å². The van der Waals surface area contributed by atoms with Crippen LogP contribution in [-0.2, 0) is 32.0 Å². The number of nitrogens with zero attached hydrogens (tertiary/aromatic N) is 1. The highest BCUT2D eigenvalue weighted by Gasteiger charge is 2.37. The van der Waals surface area contributed by atoms with E-state index in [9.17, 15) is 14.4 Å². The summed E-state index contributed by atoms with van der Waals surface area (Å²) >= 11 is 0. The molecule has 2 amide bonds. The Morgan fingerprint density at radius 2 is 1.76 bits per heavy atom. The molecule has 0 saturated carbocycles. The number of carbonyl (C=O) groups is 3. The fourth-order valence-corrected chi connectivity index (χ4v) is 3.92. The van der Waals surface area contributed by atoms with Crippen molar-refractivity contribution in [2.45, 2.75) is 64.8 Å². The Labute approximate surface area is 195 Å². The van der Waals surface area contributed by atoms with Crippen molar-refractivity contribution >= 4 is 18.0 Å². The molecule has 0 saturated heterocycles. The molecule has 7 nitrogen and oxygen atoms in total. The number of ether oxygens (including phenoxy) is 2. The fraction of sp³-hybridized carbons (Fsp3) is 0.423. The van der Waals surface area contributed by atoms with Crippen LogP contribution in [0.15, 0.2) is 48.5 Å². The third kappa shape index (κ3) is 6.34. The molecule has 0 spiro atoms. The predicted molar refractivity (Wildman–Crippen MR) is 124 cm³/mol. The second kappa shape index (κ2) is 10.1. The van der Waals surface area contributed by atoms with Crippen LogP contribution in [0.25, 0.3) is 0 Å². The smallest absolute Gasteiger partial charge is 0.411 e. The molecule has 0 fully saturated rings.